The van der Waals surface area contributed by atoms with Crippen molar-refractivity contribution in [2.24, 2.45) is 11.5 Å². The first kappa shape index (κ1) is 10.4. The quantitative estimate of drug-likeness (QED) is 0.391. The molecule has 0 aromatic carbocycles. The molecule has 0 aliphatic heterocycles. The Bertz CT molecular complexity index is 222. The number of rotatable bonds is 3. The number of hydrogen-bond acceptors (Lipinski definition) is 4. The second-order valence-electron chi connectivity index (χ2n) is 2.36. The number of hydrogen-bond donors (Lipinski definition) is 2. The van der Waals surface area contributed by atoms with Crippen molar-refractivity contribution in [2.45, 2.75) is 19.4 Å². The zero-order chi connectivity index (χ0) is 9.94. The Morgan fingerprint density at radius 2 is 1.50 bits per heavy atom. The molecule has 0 saturated carbocycles. The summed E-state index contributed by atoms with van der Waals surface area (Å²) in [6, 6.07) is 0. The van der Waals surface area contributed by atoms with E-state index in [1.165, 1.54) is 0 Å². The van der Waals surface area contributed by atoms with Crippen molar-refractivity contribution in [3.63, 3.8) is 0 Å². The minimum Gasteiger partial charge on any atom is -0.439 e. The van der Waals surface area contributed by atoms with Crippen LogP contribution in [0.15, 0.2) is 0 Å². The van der Waals surface area contributed by atoms with E-state index in [0.29, 0.717) is 0 Å². The van der Waals surface area contributed by atoms with Crippen LogP contribution in [-0.4, -0.2) is 23.4 Å². The van der Waals surface area contributed by atoms with Gasteiger partial charge >= 0.3 is 5.97 Å². The summed E-state index contributed by atoms with van der Waals surface area (Å²) in [7, 11) is 0. The van der Waals surface area contributed by atoms with Gasteiger partial charge in [-0.1, -0.05) is 0 Å². The van der Waals surface area contributed by atoms with E-state index in [4.69, 9.17) is 11.5 Å². The molecule has 2 amide bonds. The molecule has 0 aliphatic carbocycles. The fraction of sp³-hybridized carbons (Fsp3) is 0.500. The van der Waals surface area contributed by atoms with Crippen LogP contribution in [0.5, 0.6) is 0 Å². The lowest BCUT2D eigenvalue weighted by molar-refractivity contribution is -0.169. The van der Waals surface area contributed by atoms with Crippen LogP contribution in [-0.2, 0) is 19.1 Å². The molecule has 6 nitrogen and oxygen atoms in total. The number of esters is 1. The van der Waals surface area contributed by atoms with E-state index >= 15 is 0 Å². The molecule has 0 bridgehead atoms. The van der Waals surface area contributed by atoms with Gasteiger partial charge in [0.25, 0.3) is 17.4 Å². The topological polar surface area (TPSA) is 112 Å². The molecular formula is C6H10N2O4. The van der Waals surface area contributed by atoms with Crippen LogP contribution in [0.2, 0.25) is 0 Å². The minimum atomic E-state index is -2.05. The molecule has 6 heteroatoms. The minimum absolute atomic E-state index is 0.796. The Labute approximate surface area is 68.8 Å². The van der Waals surface area contributed by atoms with Gasteiger partial charge in [0.1, 0.15) is 0 Å². The summed E-state index contributed by atoms with van der Waals surface area (Å²) >= 11 is 0. The maximum atomic E-state index is 10.6. The third-order valence-corrected chi connectivity index (χ3v) is 1.29. The van der Waals surface area contributed by atoms with Crippen molar-refractivity contribution in [2.75, 3.05) is 0 Å². The third kappa shape index (κ3) is 1.94. The summed E-state index contributed by atoms with van der Waals surface area (Å²) in [6.45, 7) is 2.09. The van der Waals surface area contributed by atoms with E-state index in [1.54, 1.807) is 0 Å². The van der Waals surface area contributed by atoms with Crippen molar-refractivity contribution in [1.82, 2.24) is 0 Å². The second kappa shape index (κ2) is 3.21. The number of carbonyl (C=O) groups is 3. The predicted molar refractivity (Wildman–Crippen MR) is 38.6 cm³/mol. The van der Waals surface area contributed by atoms with E-state index in [-0.39, 0.29) is 0 Å². The summed E-state index contributed by atoms with van der Waals surface area (Å²) < 4.78 is 4.37. The molecule has 0 aromatic heterocycles. The van der Waals surface area contributed by atoms with Crippen molar-refractivity contribution in [3.8, 4) is 0 Å². The summed E-state index contributed by atoms with van der Waals surface area (Å²) in [5, 5.41) is 0. The van der Waals surface area contributed by atoms with Crippen molar-refractivity contribution >= 4 is 17.8 Å². The highest BCUT2D eigenvalue weighted by Crippen LogP contribution is 2.08. The van der Waals surface area contributed by atoms with Crippen LogP contribution < -0.4 is 11.5 Å². The van der Waals surface area contributed by atoms with Gasteiger partial charge in [0.2, 0.25) is 0 Å². The summed E-state index contributed by atoms with van der Waals surface area (Å²) in [5.41, 5.74) is 7.56. The Balaban J connectivity index is 4.75. The molecule has 0 unspecified atom stereocenters. The number of carbonyl (C=O) groups excluding carboxylic acids is 3. The lowest BCUT2D eigenvalue weighted by Gasteiger charge is -2.21. The zero-order valence-corrected chi connectivity index (χ0v) is 6.79. The van der Waals surface area contributed by atoms with E-state index in [0.717, 1.165) is 13.8 Å². The van der Waals surface area contributed by atoms with E-state index in [2.05, 4.69) is 4.74 Å². The van der Waals surface area contributed by atoms with Gasteiger partial charge < -0.3 is 16.2 Å². The van der Waals surface area contributed by atoms with Crippen LogP contribution in [0.25, 0.3) is 0 Å². The standard InChI is InChI=1S/C6H10N2O4/c1-3(9)12-6(2,4(7)10)5(8)11/h1-2H3,(H2,7,10)(H2,8,11). The van der Waals surface area contributed by atoms with Gasteiger partial charge in [0, 0.05) is 6.92 Å². The summed E-state index contributed by atoms with van der Waals surface area (Å²) in [5.74, 6) is -2.98. The molecule has 12 heavy (non-hydrogen) atoms. The van der Waals surface area contributed by atoms with Crippen LogP contribution in [0.4, 0.5) is 0 Å². The third-order valence-electron chi connectivity index (χ3n) is 1.29. The van der Waals surface area contributed by atoms with Crippen LogP contribution in [0, 0.1) is 0 Å². The predicted octanol–water partition coefficient (Wildman–Crippen LogP) is -1.72. The van der Waals surface area contributed by atoms with E-state index < -0.39 is 23.4 Å². The fourth-order valence-electron chi connectivity index (χ4n) is 0.509. The lowest BCUT2D eigenvalue weighted by atomic mass is 10.1. The average Bonchev–Trinajstić information content (AvgIpc) is 1.84. The first-order chi connectivity index (χ1) is 5.30. The molecule has 0 rings (SSSR count). The SMILES string of the molecule is CC(=O)OC(C)(C(N)=O)C(N)=O. The van der Waals surface area contributed by atoms with Crippen molar-refractivity contribution in [3.05, 3.63) is 0 Å². The smallest absolute Gasteiger partial charge is 0.304 e. The highest BCUT2D eigenvalue weighted by Gasteiger charge is 2.41. The number of ether oxygens (including phenoxy) is 1. The van der Waals surface area contributed by atoms with Gasteiger partial charge in [0.15, 0.2) is 0 Å². The molecule has 0 fully saturated rings. The maximum absolute atomic E-state index is 10.6. The van der Waals surface area contributed by atoms with Crippen molar-refractivity contribution < 1.29 is 19.1 Å². The van der Waals surface area contributed by atoms with Crippen LogP contribution in [0.3, 0.4) is 0 Å². The van der Waals surface area contributed by atoms with E-state index in [9.17, 15) is 14.4 Å². The molecule has 0 radical (unpaired) electrons. The monoisotopic (exact) mass is 174 g/mol. The Kier molecular flexibility index (Phi) is 2.78. The molecule has 0 aromatic rings. The Hall–Kier alpha value is -1.59. The molecule has 0 saturated heterocycles. The Morgan fingerprint density at radius 1 is 1.17 bits per heavy atom. The van der Waals surface area contributed by atoms with Gasteiger partial charge in [-0.05, 0) is 6.92 Å². The molecule has 0 heterocycles. The molecule has 0 aliphatic rings. The summed E-state index contributed by atoms with van der Waals surface area (Å²) in [6.07, 6.45) is 0. The summed E-state index contributed by atoms with van der Waals surface area (Å²) in [4.78, 5) is 31.7. The highest BCUT2D eigenvalue weighted by atomic mass is 16.6. The fourth-order valence-corrected chi connectivity index (χ4v) is 0.509. The van der Waals surface area contributed by atoms with Crippen LogP contribution in [0.1, 0.15) is 13.8 Å². The normalized spacial score (nSPS) is 10.5. The van der Waals surface area contributed by atoms with Gasteiger partial charge in [-0.2, -0.15) is 0 Å². The number of nitrogens with two attached hydrogens (primary N) is 2. The van der Waals surface area contributed by atoms with Crippen molar-refractivity contribution in [1.29, 1.82) is 0 Å². The average molecular weight is 174 g/mol. The maximum Gasteiger partial charge on any atom is 0.304 e. The van der Waals surface area contributed by atoms with Gasteiger partial charge in [-0.15, -0.1) is 0 Å². The van der Waals surface area contributed by atoms with E-state index in [1.807, 2.05) is 0 Å². The molecule has 0 atom stereocenters. The first-order valence-corrected chi connectivity index (χ1v) is 3.10. The molecule has 4 N–H and O–H groups in total. The lowest BCUT2D eigenvalue weighted by Crippen LogP contribution is -2.54. The van der Waals surface area contributed by atoms with Gasteiger partial charge in [-0.25, -0.2) is 0 Å². The molecule has 0 spiro atoms. The molecule has 68 valence electrons. The second-order valence-corrected chi connectivity index (χ2v) is 2.36. The first-order valence-electron chi connectivity index (χ1n) is 3.10. The highest BCUT2D eigenvalue weighted by molar-refractivity contribution is 6.08. The zero-order valence-electron chi connectivity index (χ0n) is 6.79. The molecular weight excluding hydrogens is 164 g/mol. The largest absolute Gasteiger partial charge is 0.439 e. The Morgan fingerprint density at radius 3 is 1.58 bits per heavy atom. The van der Waals surface area contributed by atoms with Gasteiger partial charge in [0.05, 0.1) is 0 Å². The van der Waals surface area contributed by atoms with Crippen LogP contribution >= 0.6 is 0 Å². The van der Waals surface area contributed by atoms with Gasteiger partial charge in [-0.3, -0.25) is 14.4 Å². The number of primary amides is 2. The number of amides is 2.